The predicted molar refractivity (Wildman–Crippen MR) is 81.0 cm³/mol. The second kappa shape index (κ2) is 7.61. The molecule has 1 aliphatic rings. The van der Waals surface area contributed by atoms with Gasteiger partial charge in [-0.25, -0.2) is 0 Å². The first-order valence-electron chi connectivity index (χ1n) is 7.04. The average Bonchev–Trinajstić information content (AvgIpc) is 3.00. The van der Waals surface area contributed by atoms with Crippen molar-refractivity contribution in [2.45, 2.75) is 25.9 Å². The molecule has 1 heterocycles. The molecule has 1 aliphatic heterocycles. The molecule has 0 aliphatic carbocycles. The van der Waals surface area contributed by atoms with Crippen molar-refractivity contribution in [3.05, 3.63) is 71.8 Å². The van der Waals surface area contributed by atoms with Gasteiger partial charge in [0.25, 0.3) is 0 Å². The molecule has 3 rings (SSSR count). The van der Waals surface area contributed by atoms with Crippen LogP contribution in [0.3, 0.4) is 0 Å². The molecule has 0 radical (unpaired) electrons. The lowest BCUT2D eigenvalue weighted by Gasteiger charge is -1.99. The summed E-state index contributed by atoms with van der Waals surface area (Å²) in [6, 6.07) is 18.6. The van der Waals surface area contributed by atoms with Crippen LogP contribution in [0.4, 0.5) is 0 Å². The smallest absolute Gasteiger partial charge is 0.193 e. The molecular weight excluding hydrogens is 248 g/mol. The second-order valence-corrected chi connectivity index (χ2v) is 4.88. The van der Waals surface area contributed by atoms with Gasteiger partial charge in [0.05, 0.1) is 6.10 Å². The van der Waals surface area contributed by atoms with Crippen LogP contribution in [-0.2, 0) is 4.74 Å². The van der Waals surface area contributed by atoms with E-state index in [1.807, 2.05) is 60.7 Å². The summed E-state index contributed by atoms with van der Waals surface area (Å²) in [4.78, 5) is 11.8. The monoisotopic (exact) mass is 268 g/mol. The third kappa shape index (κ3) is 4.32. The normalized spacial score (nSPS) is 17.1. The van der Waals surface area contributed by atoms with Crippen LogP contribution >= 0.6 is 0 Å². The molecule has 0 spiro atoms. The van der Waals surface area contributed by atoms with Crippen LogP contribution in [0.2, 0.25) is 0 Å². The van der Waals surface area contributed by atoms with Crippen molar-refractivity contribution in [2.75, 3.05) is 6.61 Å². The summed E-state index contributed by atoms with van der Waals surface area (Å²) in [6.07, 6.45) is 3.08. The predicted octanol–water partition coefficient (Wildman–Crippen LogP) is 4.10. The van der Waals surface area contributed by atoms with Gasteiger partial charge in [-0.3, -0.25) is 4.79 Å². The molecule has 2 heteroatoms. The third-order valence-electron chi connectivity index (χ3n) is 3.23. The van der Waals surface area contributed by atoms with Crippen molar-refractivity contribution in [3.8, 4) is 0 Å². The highest BCUT2D eigenvalue weighted by molar-refractivity contribution is 6.08. The van der Waals surface area contributed by atoms with E-state index in [2.05, 4.69) is 6.92 Å². The lowest BCUT2D eigenvalue weighted by molar-refractivity contribution is 0.103. The van der Waals surface area contributed by atoms with Crippen molar-refractivity contribution in [1.82, 2.24) is 0 Å². The fourth-order valence-corrected chi connectivity index (χ4v) is 2.08. The van der Waals surface area contributed by atoms with Crippen LogP contribution in [0, 0.1) is 0 Å². The Balaban J connectivity index is 0.000000205. The fourth-order valence-electron chi connectivity index (χ4n) is 2.08. The first kappa shape index (κ1) is 14.5. The Bertz CT molecular complexity index is 472. The summed E-state index contributed by atoms with van der Waals surface area (Å²) in [5.41, 5.74) is 1.47. The van der Waals surface area contributed by atoms with Gasteiger partial charge in [0.2, 0.25) is 0 Å². The van der Waals surface area contributed by atoms with Gasteiger partial charge >= 0.3 is 0 Å². The maximum absolute atomic E-state index is 11.8. The molecule has 104 valence electrons. The van der Waals surface area contributed by atoms with Crippen LogP contribution in [-0.4, -0.2) is 18.5 Å². The number of carbonyl (C=O) groups is 1. The highest BCUT2D eigenvalue weighted by atomic mass is 16.5. The molecular formula is C18H20O2. The van der Waals surface area contributed by atoms with Crippen LogP contribution in [0.25, 0.3) is 0 Å². The number of hydrogen-bond acceptors (Lipinski definition) is 2. The number of hydrogen-bond donors (Lipinski definition) is 0. The molecule has 1 atom stereocenters. The Morgan fingerprint density at radius 2 is 1.45 bits per heavy atom. The minimum Gasteiger partial charge on any atom is -0.379 e. The molecule has 0 aromatic heterocycles. The second-order valence-electron chi connectivity index (χ2n) is 4.88. The van der Waals surface area contributed by atoms with Crippen molar-refractivity contribution in [2.24, 2.45) is 0 Å². The molecule has 1 fully saturated rings. The first-order chi connectivity index (χ1) is 9.77. The molecule has 2 nitrogen and oxygen atoms in total. The summed E-state index contributed by atoms with van der Waals surface area (Å²) < 4.78 is 5.15. The van der Waals surface area contributed by atoms with Crippen LogP contribution < -0.4 is 0 Å². The van der Waals surface area contributed by atoms with Crippen LogP contribution in [0.15, 0.2) is 60.7 Å². The molecule has 1 saturated heterocycles. The SMILES string of the molecule is CC1CCCO1.O=C(c1ccccc1)c1ccccc1. The minimum absolute atomic E-state index is 0.0752. The van der Waals surface area contributed by atoms with E-state index in [0.29, 0.717) is 6.10 Å². The summed E-state index contributed by atoms with van der Waals surface area (Å²) >= 11 is 0. The van der Waals surface area contributed by atoms with Gasteiger partial charge in [-0.2, -0.15) is 0 Å². The van der Waals surface area contributed by atoms with E-state index in [9.17, 15) is 4.79 Å². The molecule has 2 aromatic rings. The molecule has 0 N–H and O–H groups in total. The molecule has 0 amide bonds. The van der Waals surface area contributed by atoms with Gasteiger partial charge in [-0.1, -0.05) is 60.7 Å². The largest absolute Gasteiger partial charge is 0.379 e. The first-order valence-corrected chi connectivity index (χ1v) is 7.04. The van der Waals surface area contributed by atoms with E-state index in [1.165, 1.54) is 12.8 Å². The number of benzene rings is 2. The standard InChI is InChI=1S/C13H10O.C5H10O/c14-13(11-7-3-1-4-8-11)12-9-5-2-6-10-12;1-5-3-2-4-6-5/h1-10H;5H,2-4H2,1H3. The van der Waals surface area contributed by atoms with Gasteiger partial charge in [0, 0.05) is 17.7 Å². The minimum atomic E-state index is 0.0752. The van der Waals surface area contributed by atoms with E-state index in [1.54, 1.807) is 0 Å². The van der Waals surface area contributed by atoms with Gasteiger partial charge in [-0.05, 0) is 19.8 Å². The maximum Gasteiger partial charge on any atom is 0.193 e. The third-order valence-corrected chi connectivity index (χ3v) is 3.23. The lowest BCUT2D eigenvalue weighted by Crippen LogP contribution is -1.99. The summed E-state index contributed by atoms with van der Waals surface area (Å²) in [5, 5.41) is 0. The number of rotatable bonds is 2. The van der Waals surface area contributed by atoms with E-state index in [4.69, 9.17) is 4.74 Å². The Hall–Kier alpha value is -1.93. The summed E-state index contributed by atoms with van der Waals surface area (Å²) in [6.45, 7) is 3.11. The zero-order valence-corrected chi connectivity index (χ0v) is 11.8. The molecule has 20 heavy (non-hydrogen) atoms. The van der Waals surface area contributed by atoms with Gasteiger partial charge in [0.15, 0.2) is 5.78 Å². The summed E-state index contributed by atoms with van der Waals surface area (Å²) in [5.74, 6) is 0.0752. The zero-order chi connectivity index (χ0) is 14.2. The molecule has 2 aromatic carbocycles. The van der Waals surface area contributed by atoms with Crippen molar-refractivity contribution in [1.29, 1.82) is 0 Å². The van der Waals surface area contributed by atoms with Crippen molar-refractivity contribution >= 4 is 5.78 Å². The van der Waals surface area contributed by atoms with Crippen LogP contribution in [0.5, 0.6) is 0 Å². The highest BCUT2D eigenvalue weighted by Crippen LogP contribution is 2.09. The number of ether oxygens (including phenoxy) is 1. The Morgan fingerprint density at radius 1 is 0.950 bits per heavy atom. The molecule has 0 saturated carbocycles. The van der Waals surface area contributed by atoms with E-state index in [0.717, 1.165) is 17.7 Å². The van der Waals surface area contributed by atoms with E-state index >= 15 is 0 Å². The van der Waals surface area contributed by atoms with Gasteiger partial charge < -0.3 is 4.74 Å². The molecule has 0 bridgehead atoms. The van der Waals surface area contributed by atoms with Crippen molar-refractivity contribution in [3.63, 3.8) is 0 Å². The quantitative estimate of drug-likeness (QED) is 0.766. The average molecular weight is 268 g/mol. The van der Waals surface area contributed by atoms with E-state index < -0.39 is 0 Å². The topological polar surface area (TPSA) is 26.3 Å². The lowest BCUT2D eigenvalue weighted by atomic mass is 10.0. The zero-order valence-electron chi connectivity index (χ0n) is 11.8. The highest BCUT2D eigenvalue weighted by Gasteiger charge is 2.07. The maximum atomic E-state index is 11.8. The van der Waals surface area contributed by atoms with Gasteiger partial charge in [0.1, 0.15) is 0 Å². The van der Waals surface area contributed by atoms with Crippen LogP contribution in [0.1, 0.15) is 35.7 Å². The Morgan fingerprint density at radius 3 is 1.75 bits per heavy atom. The Labute approximate surface area is 120 Å². The summed E-state index contributed by atoms with van der Waals surface area (Å²) in [7, 11) is 0. The Kier molecular flexibility index (Phi) is 5.51. The number of carbonyl (C=O) groups excluding carboxylic acids is 1. The van der Waals surface area contributed by atoms with Crippen molar-refractivity contribution < 1.29 is 9.53 Å². The van der Waals surface area contributed by atoms with Gasteiger partial charge in [-0.15, -0.1) is 0 Å². The number of ketones is 1. The molecule has 1 unspecified atom stereocenters. The fraction of sp³-hybridized carbons (Fsp3) is 0.278. The van der Waals surface area contributed by atoms with E-state index in [-0.39, 0.29) is 5.78 Å².